The molecular formula is C13H14INO5. The Morgan fingerprint density at radius 2 is 1.85 bits per heavy atom. The molecule has 0 aliphatic rings. The van der Waals surface area contributed by atoms with E-state index in [0.29, 0.717) is 5.69 Å². The highest BCUT2D eigenvalue weighted by Gasteiger charge is 2.20. The van der Waals surface area contributed by atoms with Gasteiger partial charge in [0.2, 0.25) is 5.91 Å². The molecule has 1 amide bonds. The Labute approximate surface area is 130 Å². The first-order valence-electron chi connectivity index (χ1n) is 5.68. The summed E-state index contributed by atoms with van der Waals surface area (Å²) < 4.78 is 8.59. The maximum absolute atomic E-state index is 11.8. The molecule has 0 bridgehead atoms. The van der Waals surface area contributed by atoms with Gasteiger partial charge >= 0.3 is 11.9 Å². The molecule has 1 atom stereocenters. The van der Waals surface area contributed by atoms with Crippen molar-refractivity contribution in [3.63, 3.8) is 0 Å². The SMILES string of the molecule is COC(=O)c1ccccc1NC(=O)CC(I)C(=O)OC. The number of carbonyl (C=O) groups is 3. The van der Waals surface area contributed by atoms with E-state index >= 15 is 0 Å². The molecule has 1 aromatic rings. The van der Waals surface area contributed by atoms with Crippen molar-refractivity contribution in [3.05, 3.63) is 29.8 Å². The van der Waals surface area contributed by atoms with Gasteiger partial charge < -0.3 is 14.8 Å². The predicted molar refractivity (Wildman–Crippen MR) is 80.9 cm³/mol. The smallest absolute Gasteiger partial charge is 0.339 e. The molecule has 1 rings (SSSR count). The summed E-state index contributed by atoms with van der Waals surface area (Å²) in [5.74, 6) is -1.40. The Morgan fingerprint density at radius 3 is 2.45 bits per heavy atom. The van der Waals surface area contributed by atoms with Crippen molar-refractivity contribution in [2.45, 2.75) is 10.3 Å². The van der Waals surface area contributed by atoms with Gasteiger partial charge in [-0.3, -0.25) is 9.59 Å². The van der Waals surface area contributed by atoms with E-state index in [1.165, 1.54) is 14.2 Å². The van der Waals surface area contributed by atoms with Crippen molar-refractivity contribution in [3.8, 4) is 0 Å². The van der Waals surface area contributed by atoms with E-state index < -0.39 is 15.9 Å². The standard InChI is InChI=1S/C13H14INO5/c1-19-12(17)8-5-3-4-6-10(8)15-11(16)7-9(14)13(18)20-2/h3-6,9H,7H2,1-2H3,(H,15,16). The van der Waals surface area contributed by atoms with Gasteiger partial charge in [-0.15, -0.1) is 0 Å². The lowest BCUT2D eigenvalue weighted by Gasteiger charge is -2.11. The highest BCUT2D eigenvalue weighted by Crippen LogP contribution is 2.17. The Hall–Kier alpha value is -1.64. The minimum absolute atomic E-state index is 0.0389. The first-order valence-corrected chi connectivity index (χ1v) is 6.93. The monoisotopic (exact) mass is 391 g/mol. The largest absolute Gasteiger partial charge is 0.468 e. The summed E-state index contributed by atoms with van der Waals surface area (Å²) in [7, 11) is 2.53. The molecule has 6 nitrogen and oxygen atoms in total. The Bertz CT molecular complexity index is 517. The van der Waals surface area contributed by atoms with Crippen LogP contribution in [0.15, 0.2) is 24.3 Å². The second kappa shape index (κ2) is 7.83. The van der Waals surface area contributed by atoms with Gasteiger partial charge in [0, 0.05) is 6.42 Å². The number of anilines is 1. The number of methoxy groups -OCH3 is 2. The predicted octanol–water partition coefficient (Wildman–Crippen LogP) is 1.78. The summed E-state index contributed by atoms with van der Waals surface area (Å²) in [6, 6.07) is 6.48. The molecule has 1 unspecified atom stereocenters. The molecule has 0 aliphatic heterocycles. The third-order valence-corrected chi connectivity index (χ3v) is 3.38. The molecule has 0 fully saturated rings. The van der Waals surface area contributed by atoms with Crippen molar-refractivity contribution in [2.24, 2.45) is 0 Å². The molecule has 1 N–H and O–H groups in total. The van der Waals surface area contributed by atoms with Gasteiger partial charge in [0.1, 0.15) is 3.92 Å². The van der Waals surface area contributed by atoms with Crippen LogP contribution < -0.4 is 5.32 Å². The number of ether oxygens (including phenoxy) is 2. The zero-order valence-electron chi connectivity index (χ0n) is 11.0. The molecule has 0 heterocycles. The van der Waals surface area contributed by atoms with Gasteiger partial charge in [0.05, 0.1) is 25.5 Å². The Kier molecular flexibility index (Phi) is 6.43. The number of hydrogen-bond acceptors (Lipinski definition) is 5. The van der Waals surface area contributed by atoms with Gasteiger partial charge in [0.15, 0.2) is 0 Å². The molecule has 0 saturated carbocycles. The van der Waals surface area contributed by atoms with Crippen LogP contribution in [-0.2, 0) is 19.1 Å². The number of benzene rings is 1. The first-order chi connectivity index (χ1) is 9.49. The summed E-state index contributed by atoms with van der Waals surface area (Å²) in [4.78, 5) is 34.6. The molecular weight excluding hydrogens is 377 g/mol. The van der Waals surface area contributed by atoms with Crippen LogP contribution >= 0.6 is 22.6 Å². The fraction of sp³-hybridized carbons (Fsp3) is 0.308. The first kappa shape index (κ1) is 16.4. The van der Waals surface area contributed by atoms with Crippen molar-refractivity contribution < 1.29 is 23.9 Å². The number of halogens is 1. The van der Waals surface area contributed by atoms with Crippen LogP contribution in [-0.4, -0.2) is 36.0 Å². The number of nitrogens with one attached hydrogen (secondary N) is 1. The number of para-hydroxylation sites is 1. The Morgan fingerprint density at radius 1 is 1.20 bits per heavy atom. The van der Waals surface area contributed by atoms with Crippen LogP contribution in [0, 0.1) is 0 Å². The number of hydrogen-bond donors (Lipinski definition) is 1. The van der Waals surface area contributed by atoms with Gasteiger partial charge in [-0.1, -0.05) is 34.7 Å². The molecule has 0 saturated heterocycles. The molecule has 1 aromatic carbocycles. The van der Waals surface area contributed by atoms with E-state index in [-0.39, 0.29) is 17.9 Å². The summed E-state index contributed by atoms with van der Waals surface area (Å²) in [6.45, 7) is 0. The van der Waals surface area contributed by atoms with E-state index in [1.54, 1.807) is 24.3 Å². The number of carbonyl (C=O) groups excluding carboxylic acids is 3. The van der Waals surface area contributed by atoms with Crippen molar-refractivity contribution in [1.29, 1.82) is 0 Å². The van der Waals surface area contributed by atoms with E-state index in [9.17, 15) is 14.4 Å². The zero-order chi connectivity index (χ0) is 15.1. The quantitative estimate of drug-likeness (QED) is 0.470. The zero-order valence-corrected chi connectivity index (χ0v) is 13.2. The van der Waals surface area contributed by atoms with E-state index in [2.05, 4.69) is 14.8 Å². The fourth-order valence-corrected chi connectivity index (χ4v) is 2.11. The Balaban J connectivity index is 2.76. The molecule has 0 aromatic heterocycles. The second-order valence-corrected chi connectivity index (χ2v) is 5.28. The minimum atomic E-state index is -0.581. The average Bonchev–Trinajstić information content (AvgIpc) is 2.45. The number of amides is 1. The van der Waals surface area contributed by atoms with Crippen molar-refractivity contribution >= 4 is 46.1 Å². The van der Waals surface area contributed by atoms with Gasteiger partial charge in [-0.05, 0) is 12.1 Å². The van der Waals surface area contributed by atoms with Crippen LogP contribution in [0.5, 0.6) is 0 Å². The van der Waals surface area contributed by atoms with Crippen LogP contribution in [0.2, 0.25) is 0 Å². The molecule has 7 heteroatoms. The van der Waals surface area contributed by atoms with Crippen LogP contribution in [0.25, 0.3) is 0 Å². The molecule has 0 radical (unpaired) electrons. The highest BCUT2D eigenvalue weighted by atomic mass is 127. The maximum atomic E-state index is 11.8. The summed E-state index contributed by atoms with van der Waals surface area (Å²) >= 11 is 1.83. The normalized spacial score (nSPS) is 11.3. The fourth-order valence-electron chi connectivity index (χ4n) is 1.46. The summed E-state index contributed by atoms with van der Waals surface area (Å²) in [5, 5.41) is 2.58. The number of rotatable bonds is 5. The average molecular weight is 391 g/mol. The molecule has 0 aliphatic carbocycles. The number of alkyl halides is 1. The minimum Gasteiger partial charge on any atom is -0.468 e. The van der Waals surface area contributed by atoms with Crippen LogP contribution in [0.3, 0.4) is 0 Å². The van der Waals surface area contributed by atoms with Crippen molar-refractivity contribution in [2.75, 3.05) is 19.5 Å². The van der Waals surface area contributed by atoms with E-state index in [0.717, 1.165) is 0 Å². The molecule has 0 spiro atoms. The van der Waals surface area contributed by atoms with Gasteiger partial charge in [-0.25, -0.2) is 4.79 Å². The van der Waals surface area contributed by atoms with E-state index in [4.69, 9.17) is 0 Å². The summed E-state index contributed by atoms with van der Waals surface area (Å²) in [6.07, 6.45) is -0.0389. The number of esters is 2. The third kappa shape index (κ3) is 4.48. The van der Waals surface area contributed by atoms with Gasteiger partial charge in [-0.2, -0.15) is 0 Å². The second-order valence-electron chi connectivity index (χ2n) is 3.78. The lowest BCUT2D eigenvalue weighted by atomic mass is 10.1. The van der Waals surface area contributed by atoms with E-state index in [1.807, 2.05) is 22.6 Å². The highest BCUT2D eigenvalue weighted by molar-refractivity contribution is 14.1. The van der Waals surface area contributed by atoms with Crippen LogP contribution in [0.1, 0.15) is 16.8 Å². The molecule has 20 heavy (non-hydrogen) atoms. The van der Waals surface area contributed by atoms with Gasteiger partial charge in [0.25, 0.3) is 0 Å². The topological polar surface area (TPSA) is 81.7 Å². The van der Waals surface area contributed by atoms with Crippen molar-refractivity contribution in [1.82, 2.24) is 0 Å². The molecule has 108 valence electrons. The maximum Gasteiger partial charge on any atom is 0.339 e. The van der Waals surface area contributed by atoms with Crippen LogP contribution in [0.4, 0.5) is 5.69 Å². The summed E-state index contributed by atoms with van der Waals surface area (Å²) in [5.41, 5.74) is 0.601. The third-order valence-electron chi connectivity index (χ3n) is 2.43. The lowest BCUT2D eigenvalue weighted by Crippen LogP contribution is -2.24. The lowest BCUT2D eigenvalue weighted by molar-refractivity contribution is -0.140.